The Balaban J connectivity index is 0.000000107. The molecule has 25 rings (SSSR count). The highest BCUT2D eigenvalue weighted by atomic mass is 32.1. The van der Waals surface area contributed by atoms with Crippen LogP contribution in [0.1, 0.15) is 329 Å². The van der Waals surface area contributed by atoms with E-state index in [9.17, 15) is 28.8 Å². The molecule has 0 amide bonds. The lowest BCUT2D eigenvalue weighted by atomic mass is 9.57. The normalized spacial score (nSPS) is 27.6. The average molecular weight is 2050 g/mol. The van der Waals surface area contributed by atoms with E-state index in [-0.39, 0.29) is 66.5 Å². The second-order valence-electron chi connectivity index (χ2n) is 45.9. The smallest absolute Gasteiger partial charge is 0.165 e. The molecule has 754 valence electrons. The minimum Gasteiger partial charge on any atom is -0.295 e. The first-order valence-electron chi connectivity index (χ1n) is 53.9. The van der Waals surface area contributed by atoms with E-state index < -0.39 is 0 Å². The summed E-state index contributed by atoms with van der Waals surface area (Å²) in [6, 6.07) is 61.7. The van der Waals surface area contributed by atoms with Gasteiger partial charge in [-0.3, -0.25) is 28.8 Å². The van der Waals surface area contributed by atoms with E-state index in [0.29, 0.717) is 65.3 Å². The van der Waals surface area contributed by atoms with E-state index in [1.807, 2.05) is 63.4 Å². The number of carbonyl (C=O) groups excluding carboxylic acids is 6. The molecule has 6 aromatic carbocycles. The molecule has 18 heteroatoms. The molecule has 12 nitrogen and oxygen atoms in total. The van der Waals surface area contributed by atoms with Crippen molar-refractivity contribution in [1.82, 2.24) is 29.9 Å². The fourth-order valence-corrected chi connectivity index (χ4v) is 35.6. The van der Waals surface area contributed by atoms with Crippen molar-refractivity contribution in [2.24, 2.45) is 51.8 Å². The maximum atomic E-state index is 13.5. The number of carbonyl (C=O) groups is 6. The van der Waals surface area contributed by atoms with Gasteiger partial charge in [-0.1, -0.05) is 333 Å². The number of hydrogen-bond acceptors (Lipinski definition) is 18. The molecule has 1 spiro atoms. The number of aromatic nitrogens is 6. The number of ketones is 6. The van der Waals surface area contributed by atoms with Crippen LogP contribution in [0, 0.1) is 51.8 Å². The molecule has 146 heavy (non-hydrogen) atoms. The van der Waals surface area contributed by atoms with Gasteiger partial charge in [-0.25, -0.2) is 29.9 Å². The molecule has 13 aliphatic rings. The Morgan fingerprint density at radius 2 is 0.616 bits per heavy atom. The SMILES string of the molecule is CC1(C)CC(=O)C2=C(Cc3ncsc3[C@@]23CCCCc2ccccc23)C1.CC[C@]1(c2ccccc2)C2=C(CCC(C)(C)C2=O)Cc2ncsc21.CC[C@]1(c2ccccc2)C2=C(Cc3ncsc31)C(C)(C)CCC2=O.CC[C@]1(c2ccccc2)C2=C(Cc3ncsc31)C(C)CC(C)C2=O.CC[C@]1(c2ccccc2)C2=C(Cc3ncsc31)[C@@H](C)C[C@H](C)C2=O.CC[C@]1(c2ccccc2)C2=C(Cc3ncsc31)[C@H](C)C[C@@H](C)C2=O. The second kappa shape index (κ2) is 40.5. The number of hydrogen-bond donors (Lipinski definition) is 0. The Labute approximate surface area is 888 Å². The Kier molecular flexibility index (Phi) is 28.5. The highest BCUT2D eigenvalue weighted by Gasteiger charge is 2.59. The third-order valence-corrected chi connectivity index (χ3v) is 42.3. The van der Waals surface area contributed by atoms with Crippen molar-refractivity contribution >= 4 is 103 Å². The molecule has 0 bridgehead atoms. The van der Waals surface area contributed by atoms with E-state index in [4.69, 9.17) is 4.98 Å². The van der Waals surface area contributed by atoms with Gasteiger partial charge in [0.1, 0.15) is 0 Å². The van der Waals surface area contributed by atoms with Crippen molar-refractivity contribution in [3.63, 3.8) is 0 Å². The monoisotopic (exact) mass is 2050 g/mol. The first kappa shape index (κ1) is 103. The largest absolute Gasteiger partial charge is 0.295 e. The Bertz CT molecular complexity index is 6940. The van der Waals surface area contributed by atoms with Crippen LogP contribution in [0.15, 0.2) is 276 Å². The van der Waals surface area contributed by atoms with Crippen molar-refractivity contribution in [1.29, 1.82) is 0 Å². The molecule has 6 aromatic heterocycles. The summed E-state index contributed by atoms with van der Waals surface area (Å²) in [6.45, 7) is 37.4. The molecule has 0 saturated heterocycles. The van der Waals surface area contributed by atoms with Gasteiger partial charge >= 0.3 is 0 Å². The van der Waals surface area contributed by atoms with Crippen LogP contribution in [0.4, 0.5) is 0 Å². The number of fused-ring (bicyclic) bond motifs is 10. The van der Waals surface area contributed by atoms with E-state index in [0.717, 1.165) is 162 Å². The van der Waals surface area contributed by atoms with Crippen LogP contribution in [-0.2, 0) is 106 Å². The predicted molar refractivity (Wildman–Crippen MR) is 597 cm³/mol. The summed E-state index contributed by atoms with van der Waals surface area (Å²) < 4.78 is 0. The number of Topliss-reactive ketones (excluding diaryl/α,β-unsaturated/α-hetero) is 6. The van der Waals surface area contributed by atoms with Crippen LogP contribution in [0.5, 0.6) is 0 Å². The van der Waals surface area contributed by atoms with Crippen LogP contribution < -0.4 is 0 Å². The molecule has 13 aliphatic carbocycles. The maximum Gasteiger partial charge on any atom is 0.165 e. The van der Waals surface area contributed by atoms with Crippen molar-refractivity contribution in [2.45, 2.75) is 304 Å². The lowest BCUT2D eigenvalue weighted by molar-refractivity contribution is -0.125. The number of allylic oxidation sites excluding steroid dienone is 12. The quantitative estimate of drug-likeness (QED) is 0.127. The molecule has 12 atom stereocenters. The minimum absolute atomic E-state index is 0.0644. The van der Waals surface area contributed by atoms with Gasteiger partial charge in [-0.05, 0) is 164 Å². The molecular weight excluding hydrogens is 1910 g/mol. The van der Waals surface area contributed by atoms with Gasteiger partial charge in [0, 0.05) is 137 Å². The zero-order chi connectivity index (χ0) is 103. The number of nitrogens with zero attached hydrogens (tertiary/aromatic N) is 6. The van der Waals surface area contributed by atoms with Gasteiger partial charge < -0.3 is 0 Å². The molecule has 2 unspecified atom stereocenters. The number of thiazole rings is 6. The highest BCUT2D eigenvalue weighted by molar-refractivity contribution is 7.11. The average Bonchev–Trinajstić information content (AvgIpc) is 0.932. The lowest BCUT2D eigenvalue weighted by Gasteiger charge is -2.46. The highest BCUT2D eigenvalue weighted by Crippen LogP contribution is 2.64. The first-order valence-corrected chi connectivity index (χ1v) is 59.1. The van der Waals surface area contributed by atoms with E-state index in [1.165, 1.54) is 149 Å². The summed E-state index contributed by atoms with van der Waals surface area (Å²) >= 11 is 10.3. The van der Waals surface area contributed by atoms with Crippen LogP contribution >= 0.6 is 68.0 Å². The number of rotatable bonds is 10. The van der Waals surface area contributed by atoms with Crippen LogP contribution in [0.25, 0.3) is 0 Å². The van der Waals surface area contributed by atoms with E-state index in [1.54, 1.807) is 68.0 Å². The molecule has 0 radical (unpaired) electrons. The fraction of sp³-hybridized carbons (Fsp3) is 0.438. The topological polar surface area (TPSA) is 180 Å². The van der Waals surface area contributed by atoms with Gasteiger partial charge in [-0.2, -0.15) is 0 Å². The molecular formula is C128H140N6O6S6. The maximum absolute atomic E-state index is 13.5. The summed E-state index contributed by atoms with van der Waals surface area (Å²) in [5.41, 5.74) is 40.4. The summed E-state index contributed by atoms with van der Waals surface area (Å²) in [4.78, 5) is 116. The Hall–Kier alpha value is -10.4. The van der Waals surface area contributed by atoms with Gasteiger partial charge in [0.05, 0.1) is 99.7 Å². The van der Waals surface area contributed by atoms with Crippen molar-refractivity contribution < 1.29 is 28.8 Å². The number of aryl methyl sites for hydroxylation is 1. The van der Waals surface area contributed by atoms with Crippen LogP contribution in [0.3, 0.4) is 0 Å². The summed E-state index contributed by atoms with van der Waals surface area (Å²) in [7, 11) is 0. The second-order valence-corrected chi connectivity index (χ2v) is 51.0. The molecule has 12 aromatic rings. The van der Waals surface area contributed by atoms with Gasteiger partial charge in [0.2, 0.25) is 0 Å². The number of benzene rings is 6. The van der Waals surface area contributed by atoms with Crippen LogP contribution in [0.2, 0.25) is 0 Å². The standard InChI is InChI=1S/C23H25NOS.5C21H23NOS/c1-22(2)12-16-11-18-21(26-14-24-18)23(20(16)19(25)13-22)10-6-5-8-15-7-3-4-9-17(15)23;3*1-4-21(15-8-6-5-7-9-15)18-16(11-17-20(21)24-12-22-17)13(2)10-14(3)19(18)23;1-4-21(15-8-6-5-7-9-15)17-14(10-11-20(2,3)18(17)23)12-16-19(21)24-13-22-16;1-4-21(14-8-6-5-7-9-14)18-15(12-16-19(21)24-13-22-16)20(2,3)11-10-17(18)23/h3-4,7,9,14H,5-6,8,10-13H2,1-2H3;3*5-9,12-14H,4,10-11H2,1-3H3;2*5-9,13H,4,10-12H2,1-3H3/t23-;13?,14?,21-;13-,14-,21+;13-,14-,21-;2*21-/m101000/s1. The summed E-state index contributed by atoms with van der Waals surface area (Å²) in [5, 5.41) is 0. The molecule has 0 fully saturated rings. The predicted octanol–water partition coefficient (Wildman–Crippen LogP) is 30.4. The molecule has 0 N–H and O–H groups in total. The van der Waals surface area contributed by atoms with Gasteiger partial charge in [0.25, 0.3) is 0 Å². The zero-order valence-electron chi connectivity index (χ0n) is 88.2. The molecule has 0 aliphatic heterocycles. The molecule has 6 heterocycles. The van der Waals surface area contributed by atoms with E-state index in [2.05, 4.69) is 288 Å². The minimum atomic E-state index is -0.319. The lowest BCUT2D eigenvalue weighted by Crippen LogP contribution is -2.44. The third-order valence-electron chi connectivity index (χ3n) is 36.2. The van der Waals surface area contributed by atoms with Gasteiger partial charge in [0.15, 0.2) is 34.7 Å². The van der Waals surface area contributed by atoms with Crippen molar-refractivity contribution in [3.8, 4) is 0 Å². The van der Waals surface area contributed by atoms with Crippen molar-refractivity contribution in [3.05, 3.63) is 378 Å². The first-order chi connectivity index (χ1) is 70.3. The Morgan fingerprint density at radius 3 is 1.00 bits per heavy atom. The summed E-state index contributed by atoms with van der Waals surface area (Å²) in [6.07, 6.45) is 22.3. The summed E-state index contributed by atoms with van der Waals surface area (Å²) in [5.74, 6) is 3.84. The third kappa shape index (κ3) is 16.8. The van der Waals surface area contributed by atoms with Crippen molar-refractivity contribution in [2.75, 3.05) is 0 Å². The van der Waals surface area contributed by atoms with Gasteiger partial charge in [-0.15, -0.1) is 68.0 Å². The van der Waals surface area contributed by atoms with E-state index >= 15 is 0 Å². The fourth-order valence-electron chi connectivity index (χ4n) is 29.0. The zero-order valence-corrected chi connectivity index (χ0v) is 93.1. The van der Waals surface area contributed by atoms with Crippen LogP contribution in [-0.4, -0.2) is 64.6 Å². The molecule has 0 saturated carbocycles. The Morgan fingerprint density at radius 1 is 0.295 bits per heavy atom.